The van der Waals surface area contributed by atoms with Gasteiger partial charge in [0.05, 0.1) is 17.0 Å². The van der Waals surface area contributed by atoms with E-state index in [1.54, 1.807) is 6.07 Å². The number of hydrogen-bond donors (Lipinski definition) is 1. The largest absolute Gasteiger partial charge is 0.370 e. The van der Waals surface area contributed by atoms with Crippen molar-refractivity contribution in [2.45, 2.75) is 26.3 Å². The minimum atomic E-state index is -0.409. The molecule has 3 atom stereocenters. The molecule has 2 aliphatic heterocycles. The molecule has 7 nitrogen and oxygen atoms in total. The van der Waals surface area contributed by atoms with E-state index in [4.69, 9.17) is 5.73 Å². The number of aryl methyl sites for hydroxylation is 2. The lowest BCUT2D eigenvalue weighted by molar-refractivity contribution is -0.119. The molecule has 1 aromatic heterocycles. The number of halogens is 1. The van der Waals surface area contributed by atoms with Gasteiger partial charge < -0.3 is 10.6 Å². The highest BCUT2D eigenvalue weighted by Crippen LogP contribution is 2.38. The van der Waals surface area contributed by atoms with Gasteiger partial charge in [-0.15, -0.1) is 0 Å². The van der Waals surface area contributed by atoms with E-state index in [1.165, 1.54) is 18.5 Å². The average molecular weight is 411 g/mol. The summed E-state index contributed by atoms with van der Waals surface area (Å²) in [6, 6.07) is 6.10. The molecular weight excluding hydrogens is 385 g/mol. The molecule has 0 aliphatic carbocycles. The fourth-order valence-corrected chi connectivity index (χ4v) is 4.87. The Labute approximate surface area is 175 Å². The fourth-order valence-electron chi connectivity index (χ4n) is 4.87. The van der Waals surface area contributed by atoms with Crippen LogP contribution in [0, 0.1) is 31.5 Å². The Hall–Kier alpha value is -2.87. The smallest absolute Gasteiger partial charge is 0.257 e. The van der Waals surface area contributed by atoms with Crippen LogP contribution in [0.3, 0.4) is 0 Å². The van der Waals surface area contributed by atoms with E-state index < -0.39 is 5.91 Å². The monoisotopic (exact) mass is 411 g/mol. The molecule has 158 valence electrons. The summed E-state index contributed by atoms with van der Waals surface area (Å²) in [4.78, 5) is 37.2. The van der Waals surface area contributed by atoms with E-state index in [0.717, 1.165) is 18.7 Å². The van der Waals surface area contributed by atoms with Crippen molar-refractivity contribution >= 4 is 11.8 Å². The Bertz CT molecular complexity index is 948. The van der Waals surface area contributed by atoms with E-state index >= 15 is 0 Å². The first-order valence-corrected chi connectivity index (χ1v) is 10.2. The maximum absolute atomic E-state index is 13.8. The Morgan fingerprint density at radius 1 is 1.13 bits per heavy atom. The highest BCUT2D eigenvalue weighted by Gasteiger charge is 2.44. The van der Waals surface area contributed by atoms with E-state index in [9.17, 15) is 14.0 Å². The number of rotatable bonds is 5. The van der Waals surface area contributed by atoms with Gasteiger partial charge in [-0.05, 0) is 43.4 Å². The summed E-state index contributed by atoms with van der Waals surface area (Å²) in [5.41, 5.74) is 8.21. The lowest BCUT2D eigenvalue weighted by atomic mass is 10.0. The molecule has 1 aromatic carbocycles. The zero-order chi connectivity index (χ0) is 21.4. The molecule has 3 heterocycles. The van der Waals surface area contributed by atoms with E-state index in [-0.39, 0.29) is 24.2 Å². The maximum Gasteiger partial charge on any atom is 0.257 e. The van der Waals surface area contributed by atoms with Crippen molar-refractivity contribution in [2.75, 3.05) is 26.2 Å². The molecule has 2 aliphatic rings. The topological polar surface area (TPSA) is 92.4 Å². The summed E-state index contributed by atoms with van der Waals surface area (Å²) in [6.45, 7) is 6.45. The number of benzene rings is 1. The standard InChI is InChI=1S/C22H26FN5O2/c1-13-21(14(2)26-12-25-13)22(30)28-10-16-8-27(9-17(16)11-28)19(7-20(24)29)15-4-3-5-18(23)6-15/h3-6,12,16-17,19H,7-11H2,1-2H3,(H2,24,29). The molecule has 0 bridgehead atoms. The Balaban J connectivity index is 1.48. The summed E-state index contributed by atoms with van der Waals surface area (Å²) in [5.74, 6) is -0.140. The van der Waals surface area contributed by atoms with Crippen molar-refractivity contribution in [3.63, 3.8) is 0 Å². The summed E-state index contributed by atoms with van der Waals surface area (Å²) < 4.78 is 13.8. The Morgan fingerprint density at radius 2 is 1.77 bits per heavy atom. The Morgan fingerprint density at radius 3 is 2.33 bits per heavy atom. The van der Waals surface area contributed by atoms with E-state index in [2.05, 4.69) is 14.9 Å². The predicted molar refractivity (Wildman–Crippen MR) is 109 cm³/mol. The van der Waals surface area contributed by atoms with E-state index in [0.29, 0.717) is 41.9 Å². The number of hydrogen-bond acceptors (Lipinski definition) is 5. The fraction of sp³-hybridized carbons (Fsp3) is 0.455. The lowest BCUT2D eigenvalue weighted by Gasteiger charge is -2.29. The van der Waals surface area contributed by atoms with Crippen LogP contribution in [0.25, 0.3) is 0 Å². The van der Waals surface area contributed by atoms with Crippen LogP contribution >= 0.6 is 0 Å². The molecule has 2 aromatic rings. The normalized spacial score (nSPS) is 22.2. The molecule has 2 fully saturated rings. The molecule has 0 saturated carbocycles. The van der Waals surface area contributed by atoms with Crippen molar-refractivity contribution in [3.05, 3.63) is 58.9 Å². The zero-order valence-electron chi connectivity index (χ0n) is 17.2. The second-order valence-electron chi connectivity index (χ2n) is 8.34. The quantitative estimate of drug-likeness (QED) is 0.811. The highest BCUT2D eigenvalue weighted by atomic mass is 19.1. The van der Waals surface area contributed by atoms with Crippen molar-refractivity contribution in [1.29, 1.82) is 0 Å². The molecular formula is C22H26FN5O2. The lowest BCUT2D eigenvalue weighted by Crippen LogP contribution is -2.36. The van der Waals surface area contributed by atoms with Gasteiger partial charge in [0, 0.05) is 38.6 Å². The molecule has 8 heteroatoms. The summed E-state index contributed by atoms with van der Waals surface area (Å²) in [6.07, 6.45) is 1.62. The second kappa shape index (κ2) is 8.10. The third kappa shape index (κ3) is 3.92. The van der Waals surface area contributed by atoms with Gasteiger partial charge in [0.25, 0.3) is 5.91 Å². The summed E-state index contributed by atoms with van der Waals surface area (Å²) in [7, 11) is 0. The van der Waals surface area contributed by atoms with Crippen LogP contribution < -0.4 is 5.73 Å². The first-order chi connectivity index (χ1) is 14.3. The van der Waals surface area contributed by atoms with Crippen LogP contribution in [0.2, 0.25) is 0 Å². The van der Waals surface area contributed by atoms with Crippen LogP contribution in [-0.2, 0) is 4.79 Å². The minimum absolute atomic E-state index is 0.0228. The summed E-state index contributed by atoms with van der Waals surface area (Å²) in [5, 5.41) is 0. The van der Waals surface area contributed by atoms with Crippen LogP contribution in [-0.4, -0.2) is 57.8 Å². The number of nitrogens with zero attached hydrogens (tertiary/aromatic N) is 4. The van der Waals surface area contributed by atoms with Gasteiger partial charge in [-0.1, -0.05) is 12.1 Å². The maximum atomic E-state index is 13.8. The molecule has 3 unspecified atom stereocenters. The molecule has 2 saturated heterocycles. The van der Waals surface area contributed by atoms with Gasteiger partial charge in [-0.25, -0.2) is 14.4 Å². The highest BCUT2D eigenvalue weighted by molar-refractivity contribution is 5.96. The predicted octanol–water partition coefficient (Wildman–Crippen LogP) is 1.85. The number of fused-ring (bicyclic) bond motifs is 1. The third-order valence-electron chi connectivity index (χ3n) is 6.31. The average Bonchev–Trinajstić information content (AvgIpc) is 3.25. The number of likely N-dealkylation sites (tertiary alicyclic amines) is 2. The second-order valence-corrected chi connectivity index (χ2v) is 8.34. The number of carbonyl (C=O) groups is 2. The first kappa shape index (κ1) is 20.4. The first-order valence-electron chi connectivity index (χ1n) is 10.2. The molecule has 4 rings (SSSR count). The third-order valence-corrected chi connectivity index (χ3v) is 6.31. The van der Waals surface area contributed by atoms with Crippen LogP contribution in [0.4, 0.5) is 4.39 Å². The molecule has 30 heavy (non-hydrogen) atoms. The van der Waals surface area contributed by atoms with Gasteiger partial charge in [-0.3, -0.25) is 14.5 Å². The Kier molecular flexibility index (Phi) is 5.51. The van der Waals surface area contributed by atoms with Gasteiger partial charge in [0.1, 0.15) is 12.1 Å². The van der Waals surface area contributed by atoms with Crippen LogP contribution in [0.15, 0.2) is 30.6 Å². The van der Waals surface area contributed by atoms with Gasteiger partial charge in [0.15, 0.2) is 0 Å². The van der Waals surface area contributed by atoms with E-state index in [1.807, 2.05) is 24.8 Å². The molecule has 0 radical (unpaired) electrons. The molecule has 0 spiro atoms. The molecule has 2 amide bonds. The van der Waals surface area contributed by atoms with Gasteiger partial charge >= 0.3 is 0 Å². The van der Waals surface area contributed by atoms with Crippen molar-refractivity contribution in [3.8, 4) is 0 Å². The number of primary amides is 1. The number of amides is 2. The summed E-state index contributed by atoms with van der Waals surface area (Å²) >= 11 is 0. The number of aromatic nitrogens is 2. The molecule has 2 N–H and O–H groups in total. The number of carbonyl (C=O) groups excluding carboxylic acids is 2. The van der Waals surface area contributed by atoms with Crippen molar-refractivity contribution in [2.24, 2.45) is 17.6 Å². The van der Waals surface area contributed by atoms with Crippen molar-refractivity contribution < 1.29 is 14.0 Å². The van der Waals surface area contributed by atoms with Gasteiger partial charge in [0.2, 0.25) is 5.91 Å². The zero-order valence-corrected chi connectivity index (χ0v) is 17.2. The van der Waals surface area contributed by atoms with Gasteiger partial charge in [-0.2, -0.15) is 0 Å². The van der Waals surface area contributed by atoms with Crippen LogP contribution in [0.1, 0.15) is 39.8 Å². The van der Waals surface area contributed by atoms with Crippen LogP contribution in [0.5, 0.6) is 0 Å². The SMILES string of the molecule is Cc1ncnc(C)c1C(=O)N1CC2CN(C(CC(N)=O)c3cccc(F)c3)CC2C1. The van der Waals surface area contributed by atoms with Crippen molar-refractivity contribution in [1.82, 2.24) is 19.8 Å². The number of nitrogens with two attached hydrogens (primary N) is 1. The minimum Gasteiger partial charge on any atom is -0.370 e.